The molecule has 0 saturated heterocycles. The van der Waals surface area contributed by atoms with E-state index in [1.165, 1.54) is 0 Å². The van der Waals surface area contributed by atoms with Crippen molar-refractivity contribution in [3.63, 3.8) is 0 Å². The molecule has 0 aromatic carbocycles. The lowest BCUT2D eigenvalue weighted by Gasteiger charge is -2.51. The third kappa shape index (κ3) is 1.67. The average Bonchev–Trinajstić information content (AvgIpc) is 2.02. The second-order valence-electron chi connectivity index (χ2n) is 6.28. The minimum absolute atomic E-state index is 0.161. The SMILES string of the molecule is CC(C)(C)C1(C(C)(C)C)C=C[CH]C=C1. The zero-order valence-electron chi connectivity index (χ0n) is 10.4. The maximum atomic E-state index is 2.35. The van der Waals surface area contributed by atoms with Crippen LogP contribution < -0.4 is 0 Å². The number of hydrogen-bond donors (Lipinski definition) is 0. The molecule has 1 aliphatic carbocycles. The fourth-order valence-corrected chi connectivity index (χ4v) is 2.66. The Bertz CT molecular complexity index is 225. The van der Waals surface area contributed by atoms with Crippen LogP contribution in [0.3, 0.4) is 0 Å². The Labute approximate surface area is 89.1 Å². The Morgan fingerprint density at radius 1 is 0.714 bits per heavy atom. The first kappa shape index (κ1) is 11.6. The van der Waals surface area contributed by atoms with Crippen molar-refractivity contribution in [1.29, 1.82) is 0 Å². The molecule has 0 spiro atoms. The van der Waals surface area contributed by atoms with Crippen molar-refractivity contribution >= 4 is 0 Å². The first-order valence-corrected chi connectivity index (χ1v) is 5.41. The number of allylic oxidation sites excluding steroid dienone is 4. The van der Waals surface area contributed by atoms with E-state index in [0.29, 0.717) is 0 Å². The van der Waals surface area contributed by atoms with Crippen LogP contribution in [-0.2, 0) is 0 Å². The van der Waals surface area contributed by atoms with Crippen molar-refractivity contribution < 1.29 is 0 Å². The van der Waals surface area contributed by atoms with E-state index in [1.807, 2.05) is 0 Å². The van der Waals surface area contributed by atoms with E-state index in [0.717, 1.165) is 0 Å². The minimum Gasteiger partial charge on any atom is -0.0798 e. The molecule has 0 aromatic heterocycles. The Balaban J connectivity index is 3.23. The van der Waals surface area contributed by atoms with Gasteiger partial charge in [-0.25, -0.2) is 0 Å². The molecular weight excluding hydrogens is 168 g/mol. The molecule has 1 radical (unpaired) electrons. The number of rotatable bonds is 0. The summed E-state index contributed by atoms with van der Waals surface area (Å²) in [5, 5.41) is 0. The maximum Gasteiger partial charge on any atom is 0.0158 e. The summed E-state index contributed by atoms with van der Waals surface area (Å²) < 4.78 is 0. The molecule has 0 unspecified atom stereocenters. The normalized spacial score (nSPS) is 21.3. The second kappa shape index (κ2) is 3.25. The van der Waals surface area contributed by atoms with Gasteiger partial charge in [0, 0.05) is 11.8 Å². The summed E-state index contributed by atoms with van der Waals surface area (Å²) in [6, 6.07) is 0. The van der Waals surface area contributed by atoms with Crippen LogP contribution >= 0.6 is 0 Å². The van der Waals surface area contributed by atoms with E-state index in [4.69, 9.17) is 0 Å². The predicted octanol–water partition coefficient (Wildman–Crippen LogP) is 4.40. The van der Waals surface area contributed by atoms with Crippen molar-refractivity contribution in [2.24, 2.45) is 16.2 Å². The Kier molecular flexibility index (Phi) is 2.69. The molecule has 0 N–H and O–H groups in total. The fourth-order valence-electron chi connectivity index (χ4n) is 2.66. The summed E-state index contributed by atoms with van der Waals surface area (Å²) in [5.74, 6) is 0. The number of hydrogen-bond acceptors (Lipinski definition) is 0. The topological polar surface area (TPSA) is 0 Å². The third-order valence-corrected chi connectivity index (χ3v) is 3.42. The van der Waals surface area contributed by atoms with Crippen molar-refractivity contribution in [3.05, 3.63) is 30.7 Å². The van der Waals surface area contributed by atoms with E-state index in [2.05, 4.69) is 72.3 Å². The van der Waals surface area contributed by atoms with Crippen molar-refractivity contribution in [2.75, 3.05) is 0 Å². The van der Waals surface area contributed by atoms with Crippen LogP contribution in [0.2, 0.25) is 0 Å². The lowest BCUT2D eigenvalue weighted by atomic mass is 9.53. The van der Waals surface area contributed by atoms with Gasteiger partial charge in [0.05, 0.1) is 0 Å². The van der Waals surface area contributed by atoms with Crippen LogP contribution in [0.4, 0.5) is 0 Å². The van der Waals surface area contributed by atoms with Crippen molar-refractivity contribution in [2.45, 2.75) is 41.5 Å². The highest BCUT2D eigenvalue weighted by atomic mass is 14.5. The molecule has 14 heavy (non-hydrogen) atoms. The van der Waals surface area contributed by atoms with Crippen molar-refractivity contribution in [1.82, 2.24) is 0 Å². The molecule has 0 atom stereocenters. The van der Waals surface area contributed by atoms with E-state index in [1.54, 1.807) is 0 Å². The zero-order chi connectivity index (χ0) is 11.0. The molecule has 1 rings (SSSR count). The molecule has 1 aliphatic rings. The first-order valence-electron chi connectivity index (χ1n) is 5.41. The summed E-state index contributed by atoms with van der Waals surface area (Å²) in [6.45, 7) is 13.9. The van der Waals surface area contributed by atoms with Gasteiger partial charge < -0.3 is 0 Å². The van der Waals surface area contributed by atoms with Crippen LogP contribution in [0.1, 0.15) is 41.5 Å². The highest BCUT2D eigenvalue weighted by molar-refractivity contribution is 5.30. The quantitative estimate of drug-likeness (QED) is 0.532. The van der Waals surface area contributed by atoms with Crippen molar-refractivity contribution in [3.8, 4) is 0 Å². The summed E-state index contributed by atoms with van der Waals surface area (Å²) in [6.07, 6.45) is 11.2. The van der Waals surface area contributed by atoms with Gasteiger partial charge in [0.25, 0.3) is 0 Å². The molecule has 79 valence electrons. The first-order chi connectivity index (χ1) is 6.21. The van der Waals surface area contributed by atoms with Gasteiger partial charge in [-0.2, -0.15) is 0 Å². The third-order valence-electron chi connectivity index (χ3n) is 3.42. The summed E-state index contributed by atoms with van der Waals surface area (Å²) >= 11 is 0. The minimum atomic E-state index is 0.161. The van der Waals surface area contributed by atoms with E-state index in [9.17, 15) is 0 Å². The summed E-state index contributed by atoms with van der Waals surface area (Å²) in [4.78, 5) is 0. The van der Waals surface area contributed by atoms with Gasteiger partial charge in [0.2, 0.25) is 0 Å². The standard InChI is InChI=1S/C14H23/c1-12(2,3)14(13(4,5)6)10-8-7-9-11-14/h7-11H,1-6H3. The molecule has 0 fully saturated rings. The van der Waals surface area contributed by atoms with Crippen LogP contribution in [0.5, 0.6) is 0 Å². The average molecular weight is 191 g/mol. The molecule has 0 amide bonds. The maximum absolute atomic E-state index is 2.35. The van der Waals surface area contributed by atoms with E-state index in [-0.39, 0.29) is 16.2 Å². The molecule has 0 aromatic rings. The lowest BCUT2D eigenvalue weighted by Crippen LogP contribution is -2.43. The van der Waals surface area contributed by atoms with Gasteiger partial charge >= 0.3 is 0 Å². The van der Waals surface area contributed by atoms with Gasteiger partial charge in [0.15, 0.2) is 0 Å². The molecule has 0 heteroatoms. The van der Waals surface area contributed by atoms with Gasteiger partial charge in [-0.3, -0.25) is 0 Å². The molecule has 0 aliphatic heterocycles. The molecule has 0 nitrogen and oxygen atoms in total. The van der Waals surface area contributed by atoms with Gasteiger partial charge in [-0.1, -0.05) is 65.8 Å². The van der Waals surface area contributed by atoms with E-state index < -0.39 is 0 Å². The molecular formula is C14H23. The van der Waals surface area contributed by atoms with Crippen LogP contribution in [0, 0.1) is 22.7 Å². The predicted molar refractivity (Wildman–Crippen MR) is 63.9 cm³/mol. The Morgan fingerprint density at radius 2 is 1.07 bits per heavy atom. The van der Waals surface area contributed by atoms with Gasteiger partial charge in [-0.15, -0.1) is 0 Å². The Morgan fingerprint density at radius 3 is 1.29 bits per heavy atom. The second-order valence-corrected chi connectivity index (χ2v) is 6.28. The van der Waals surface area contributed by atoms with E-state index >= 15 is 0 Å². The fraction of sp³-hybridized carbons (Fsp3) is 0.643. The Hall–Kier alpha value is -0.520. The zero-order valence-corrected chi connectivity index (χ0v) is 10.4. The molecule has 0 saturated carbocycles. The highest BCUT2D eigenvalue weighted by Gasteiger charge is 2.46. The van der Waals surface area contributed by atoms with Crippen LogP contribution in [0.25, 0.3) is 0 Å². The van der Waals surface area contributed by atoms with Gasteiger partial charge in [0.1, 0.15) is 0 Å². The molecule has 0 heterocycles. The smallest absolute Gasteiger partial charge is 0.0158 e. The molecule has 0 bridgehead atoms. The van der Waals surface area contributed by atoms with Gasteiger partial charge in [-0.05, 0) is 10.8 Å². The van der Waals surface area contributed by atoms with Crippen LogP contribution in [0.15, 0.2) is 24.3 Å². The lowest BCUT2D eigenvalue weighted by molar-refractivity contribution is 0.0662. The highest BCUT2D eigenvalue weighted by Crippen LogP contribution is 2.54. The monoisotopic (exact) mass is 191 g/mol. The largest absolute Gasteiger partial charge is 0.0798 e. The summed E-state index contributed by atoms with van der Waals surface area (Å²) in [7, 11) is 0. The summed E-state index contributed by atoms with van der Waals surface area (Å²) in [5.41, 5.74) is 0.674. The van der Waals surface area contributed by atoms with Crippen LogP contribution in [-0.4, -0.2) is 0 Å².